The average Bonchev–Trinajstić information content (AvgIpc) is 2.79. The second kappa shape index (κ2) is 5.30. The highest BCUT2D eigenvalue weighted by Crippen LogP contribution is 2.36. The zero-order chi connectivity index (χ0) is 15.0. The first-order valence-electron chi connectivity index (χ1n) is 7.21. The second-order valence-electron chi connectivity index (χ2n) is 5.95. The van der Waals surface area contributed by atoms with Crippen LogP contribution >= 0.6 is 0 Å². The van der Waals surface area contributed by atoms with E-state index in [1.807, 2.05) is 31.2 Å². The van der Waals surface area contributed by atoms with Crippen LogP contribution in [0.5, 0.6) is 0 Å². The Morgan fingerprint density at radius 2 is 2.14 bits per heavy atom. The van der Waals surface area contributed by atoms with Gasteiger partial charge in [0.2, 0.25) is 0 Å². The van der Waals surface area contributed by atoms with E-state index in [-0.39, 0.29) is 10.7 Å². The Labute approximate surface area is 126 Å². The number of aromatic amines is 1. The molecular formula is C16H20N2O2S. The minimum absolute atomic E-state index is 0.124. The summed E-state index contributed by atoms with van der Waals surface area (Å²) in [7, 11) is -0.898. The molecular weight excluding hydrogens is 284 g/mol. The lowest BCUT2D eigenvalue weighted by molar-refractivity contribution is 0.0939. The molecule has 5 heteroatoms. The molecule has 0 saturated heterocycles. The molecule has 0 aliphatic heterocycles. The van der Waals surface area contributed by atoms with Crippen molar-refractivity contribution in [2.75, 3.05) is 12.8 Å². The van der Waals surface area contributed by atoms with E-state index in [9.17, 15) is 9.00 Å². The van der Waals surface area contributed by atoms with Crippen molar-refractivity contribution in [3.8, 4) is 0 Å². The topological polar surface area (TPSA) is 62.0 Å². The summed E-state index contributed by atoms with van der Waals surface area (Å²) in [5.74, 6) is -0.124. The summed E-state index contributed by atoms with van der Waals surface area (Å²) >= 11 is 0. The molecule has 0 spiro atoms. The van der Waals surface area contributed by atoms with Gasteiger partial charge in [-0.1, -0.05) is 18.6 Å². The molecule has 1 aliphatic carbocycles. The minimum Gasteiger partial charge on any atom is -0.351 e. The maximum absolute atomic E-state index is 12.3. The van der Waals surface area contributed by atoms with Gasteiger partial charge in [0.05, 0.1) is 4.75 Å². The molecule has 2 N–H and O–H groups in total. The van der Waals surface area contributed by atoms with Crippen LogP contribution in [0.15, 0.2) is 24.3 Å². The van der Waals surface area contributed by atoms with Crippen molar-refractivity contribution in [1.29, 1.82) is 0 Å². The number of amides is 1. The first-order chi connectivity index (χ1) is 10.00. The molecule has 3 rings (SSSR count). The summed E-state index contributed by atoms with van der Waals surface area (Å²) < 4.78 is 11.6. The van der Waals surface area contributed by atoms with Crippen LogP contribution in [0.25, 0.3) is 10.9 Å². The van der Waals surface area contributed by atoms with Crippen LogP contribution in [-0.2, 0) is 10.8 Å². The van der Waals surface area contributed by atoms with E-state index in [1.54, 1.807) is 6.26 Å². The standard InChI is InChI=1S/C16H20N2O2S/c1-11-4-5-12-9-14(18-13(12)8-11)15(19)17-10-16(21(2)20)6-3-7-16/h4-5,8-9,18H,3,6-7,10H2,1-2H3,(H,17,19). The quantitative estimate of drug-likeness (QED) is 0.911. The number of fused-ring (bicyclic) bond motifs is 1. The van der Waals surface area contributed by atoms with Crippen molar-refractivity contribution in [2.45, 2.75) is 30.9 Å². The van der Waals surface area contributed by atoms with E-state index in [2.05, 4.69) is 10.3 Å². The number of rotatable bonds is 4. The number of carbonyl (C=O) groups is 1. The lowest BCUT2D eigenvalue weighted by Gasteiger charge is -2.39. The summed E-state index contributed by atoms with van der Waals surface area (Å²) in [6, 6.07) is 7.93. The minimum atomic E-state index is -0.898. The highest BCUT2D eigenvalue weighted by Gasteiger charge is 2.41. The Bertz CT molecular complexity index is 716. The molecule has 1 aliphatic rings. The highest BCUT2D eigenvalue weighted by atomic mass is 32.2. The van der Waals surface area contributed by atoms with Gasteiger partial charge < -0.3 is 10.3 Å². The number of H-pyrrole nitrogens is 1. The van der Waals surface area contributed by atoms with Crippen molar-refractivity contribution < 1.29 is 9.00 Å². The Kier molecular flexibility index (Phi) is 3.61. The molecule has 1 amide bonds. The van der Waals surface area contributed by atoms with Crippen LogP contribution in [0.2, 0.25) is 0 Å². The van der Waals surface area contributed by atoms with E-state index < -0.39 is 10.8 Å². The van der Waals surface area contributed by atoms with Gasteiger partial charge in [-0.3, -0.25) is 9.00 Å². The molecule has 2 aromatic rings. The molecule has 1 atom stereocenters. The summed E-state index contributed by atoms with van der Waals surface area (Å²) in [6.45, 7) is 2.51. The third-order valence-corrected chi connectivity index (χ3v) is 6.24. The molecule has 1 aromatic heterocycles. The molecule has 0 radical (unpaired) electrons. The molecule has 112 valence electrons. The second-order valence-corrected chi connectivity index (χ2v) is 7.72. The molecule has 1 unspecified atom stereocenters. The lowest BCUT2D eigenvalue weighted by Crippen LogP contribution is -2.50. The zero-order valence-corrected chi connectivity index (χ0v) is 13.2. The lowest BCUT2D eigenvalue weighted by atomic mass is 9.84. The summed E-state index contributed by atoms with van der Waals surface area (Å²) in [5.41, 5.74) is 2.69. The normalized spacial score (nSPS) is 18.2. The molecule has 4 nitrogen and oxygen atoms in total. The first kappa shape index (κ1) is 14.3. The average molecular weight is 304 g/mol. The van der Waals surface area contributed by atoms with Gasteiger partial charge in [0, 0.05) is 34.5 Å². The van der Waals surface area contributed by atoms with Crippen LogP contribution in [0.3, 0.4) is 0 Å². The Morgan fingerprint density at radius 3 is 2.76 bits per heavy atom. The van der Waals surface area contributed by atoms with E-state index in [4.69, 9.17) is 0 Å². The number of benzene rings is 1. The Morgan fingerprint density at radius 1 is 1.38 bits per heavy atom. The predicted molar refractivity (Wildman–Crippen MR) is 86.0 cm³/mol. The van der Waals surface area contributed by atoms with E-state index in [1.165, 1.54) is 0 Å². The van der Waals surface area contributed by atoms with E-state index in [0.717, 1.165) is 35.7 Å². The van der Waals surface area contributed by atoms with Gasteiger partial charge in [-0.05, 0) is 37.5 Å². The maximum Gasteiger partial charge on any atom is 0.267 e. The maximum atomic E-state index is 12.3. The van der Waals surface area contributed by atoms with Gasteiger partial charge in [0.15, 0.2) is 0 Å². The molecule has 1 saturated carbocycles. The third kappa shape index (κ3) is 2.62. The van der Waals surface area contributed by atoms with Gasteiger partial charge in [-0.15, -0.1) is 0 Å². The Hall–Kier alpha value is -1.62. The predicted octanol–water partition coefficient (Wildman–Crippen LogP) is 2.51. The van der Waals surface area contributed by atoms with Crippen LogP contribution in [-0.4, -0.2) is 32.6 Å². The van der Waals surface area contributed by atoms with Gasteiger partial charge in [0.25, 0.3) is 5.91 Å². The number of carbonyl (C=O) groups excluding carboxylic acids is 1. The fraction of sp³-hybridized carbons (Fsp3) is 0.438. The molecule has 1 heterocycles. The van der Waals surface area contributed by atoms with Gasteiger partial charge in [-0.25, -0.2) is 0 Å². The van der Waals surface area contributed by atoms with Crippen molar-refractivity contribution in [3.63, 3.8) is 0 Å². The molecule has 21 heavy (non-hydrogen) atoms. The highest BCUT2D eigenvalue weighted by molar-refractivity contribution is 7.85. The number of aryl methyl sites for hydroxylation is 1. The molecule has 0 bridgehead atoms. The number of hydrogen-bond acceptors (Lipinski definition) is 2. The largest absolute Gasteiger partial charge is 0.351 e. The summed E-state index contributed by atoms with van der Waals surface area (Å²) in [4.78, 5) is 15.4. The van der Waals surface area contributed by atoms with Gasteiger partial charge in [0.1, 0.15) is 5.69 Å². The number of hydrogen-bond donors (Lipinski definition) is 2. The van der Waals surface area contributed by atoms with Crippen molar-refractivity contribution in [1.82, 2.24) is 10.3 Å². The van der Waals surface area contributed by atoms with E-state index >= 15 is 0 Å². The zero-order valence-electron chi connectivity index (χ0n) is 12.4. The number of aromatic nitrogens is 1. The van der Waals surface area contributed by atoms with Crippen LogP contribution in [0, 0.1) is 6.92 Å². The fourth-order valence-corrected chi connectivity index (χ4v) is 3.98. The van der Waals surface area contributed by atoms with Crippen molar-refractivity contribution >= 4 is 27.6 Å². The first-order valence-corrected chi connectivity index (χ1v) is 8.77. The van der Waals surface area contributed by atoms with Crippen LogP contribution in [0.4, 0.5) is 0 Å². The number of nitrogens with one attached hydrogen (secondary N) is 2. The van der Waals surface area contributed by atoms with Crippen molar-refractivity contribution in [3.05, 3.63) is 35.5 Å². The van der Waals surface area contributed by atoms with Crippen LogP contribution in [0.1, 0.15) is 35.3 Å². The summed E-state index contributed by atoms with van der Waals surface area (Å²) in [5, 5.41) is 3.97. The smallest absolute Gasteiger partial charge is 0.267 e. The van der Waals surface area contributed by atoms with Gasteiger partial charge >= 0.3 is 0 Å². The molecule has 1 fully saturated rings. The third-order valence-electron chi connectivity index (χ3n) is 4.47. The molecule has 1 aromatic carbocycles. The van der Waals surface area contributed by atoms with Gasteiger partial charge in [-0.2, -0.15) is 0 Å². The fourth-order valence-electron chi connectivity index (χ4n) is 2.84. The SMILES string of the molecule is Cc1ccc2cc(C(=O)NCC3(S(C)=O)CCC3)[nH]c2c1. The Balaban J connectivity index is 1.73. The van der Waals surface area contributed by atoms with E-state index in [0.29, 0.717) is 12.2 Å². The summed E-state index contributed by atoms with van der Waals surface area (Å²) in [6.07, 6.45) is 4.70. The van der Waals surface area contributed by atoms with Crippen molar-refractivity contribution in [2.24, 2.45) is 0 Å². The monoisotopic (exact) mass is 304 g/mol. The van der Waals surface area contributed by atoms with Crippen LogP contribution < -0.4 is 5.32 Å².